The van der Waals surface area contributed by atoms with Crippen molar-refractivity contribution in [2.75, 3.05) is 0 Å². The standard InChI is InChI=1S/C46H29N3S/c1-3-13-35(41-16-7-9-25-47-41)33(11-1)30-19-22-44-38(27-30)37-15-5-6-18-43(37)49(44)32-21-24-46-40(29-32)39-28-31(20-23-45(39)50-46)34-12-2-4-14-36(34)42-17-8-10-26-48-42/h1-29H. The van der Waals surface area contributed by atoms with Crippen LogP contribution in [0, 0.1) is 0 Å². The summed E-state index contributed by atoms with van der Waals surface area (Å²) < 4.78 is 4.99. The highest BCUT2D eigenvalue weighted by Crippen LogP contribution is 2.42. The Morgan fingerprint density at radius 2 is 0.900 bits per heavy atom. The second kappa shape index (κ2) is 11.7. The zero-order chi connectivity index (χ0) is 33.0. The normalized spacial score (nSPS) is 11.6. The van der Waals surface area contributed by atoms with Crippen molar-refractivity contribution in [3.63, 3.8) is 0 Å². The quantitative estimate of drug-likeness (QED) is 0.185. The maximum atomic E-state index is 4.67. The van der Waals surface area contributed by atoms with Gasteiger partial charge >= 0.3 is 0 Å². The van der Waals surface area contributed by atoms with Gasteiger partial charge in [0.2, 0.25) is 0 Å². The number of thiophene rings is 1. The highest BCUT2D eigenvalue weighted by Gasteiger charge is 2.17. The lowest BCUT2D eigenvalue weighted by atomic mass is 9.96. The van der Waals surface area contributed by atoms with Crippen LogP contribution in [0.3, 0.4) is 0 Å². The fourth-order valence-corrected chi connectivity index (χ4v) is 8.52. The maximum absolute atomic E-state index is 4.67. The lowest BCUT2D eigenvalue weighted by molar-refractivity contribution is 1.19. The summed E-state index contributed by atoms with van der Waals surface area (Å²) in [6.45, 7) is 0. The van der Waals surface area contributed by atoms with Crippen LogP contribution in [-0.2, 0) is 0 Å². The van der Waals surface area contributed by atoms with Crippen molar-refractivity contribution in [3.05, 3.63) is 176 Å². The van der Waals surface area contributed by atoms with Crippen LogP contribution in [0.2, 0.25) is 0 Å². The predicted octanol–water partition coefficient (Wildman–Crippen LogP) is 12.6. The largest absolute Gasteiger partial charge is 0.309 e. The highest BCUT2D eigenvalue weighted by atomic mass is 32.1. The van der Waals surface area contributed by atoms with Crippen molar-refractivity contribution >= 4 is 53.3 Å². The molecule has 0 aliphatic heterocycles. The van der Waals surface area contributed by atoms with Gasteiger partial charge in [0.1, 0.15) is 0 Å². The summed E-state index contributed by atoms with van der Waals surface area (Å²) in [5.41, 5.74) is 12.5. The van der Waals surface area contributed by atoms with E-state index in [9.17, 15) is 0 Å². The number of hydrogen-bond donors (Lipinski definition) is 0. The molecular weight excluding hydrogens is 627 g/mol. The van der Waals surface area contributed by atoms with Gasteiger partial charge in [-0.05, 0) is 95.1 Å². The summed E-state index contributed by atoms with van der Waals surface area (Å²) >= 11 is 1.85. The molecule has 0 aliphatic carbocycles. The lowest BCUT2D eigenvalue weighted by Gasteiger charge is -2.11. The number of aromatic nitrogens is 3. The molecule has 50 heavy (non-hydrogen) atoms. The highest BCUT2D eigenvalue weighted by molar-refractivity contribution is 7.25. The molecule has 3 nitrogen and oxygen atoms in total. The summed E-state index contributed by atoms with van der Waals surface area (Å²) in [5, 5.41) is 5.02. The maximum Gasteiger partial charge on any atom is 0.0708 e. The van der Waals surface area contributed by atoms with E-state index < -0.39 is 0 Å². The Morgan fingerprint density at radius 1 is 0.380 bits per heavy atom. The zero-order valence-corrected chi connectivity index (χ0v) is 27.8. The average Bonchev–Trinajstić information content (AvgIpc) is 3.73. The molecule has 6 aromatic carbocycles. The Morgan fingerprint density at radius 3 is 1.56 bits per heavy atom. The summed E-state index contributed by atoms with van der Waals surface area (Å²) in [5.74, 6) is 0. The minimum atomic E-state index is 0.977. The molecule has 0 bridgehead atoms. The van der Waals surface area contributed by atoms with Crippen LogP contribution in [0.5, 0.6) is 0 Å². The van der Waals surface area contributed by atoms with Crippen molar-refractivity contribution in [1.82, 2.24) is 14.5 Å². The van der Waals surface area contributed by atoms with Gasteiger partial charge in [-0.15, -0.1) is 11.3 Å². The van der Waals surface area contributed by atoms with Crippen molar-refractivity contribution in [2.45, 2.75) is 0 Å². The second-order valence-electron chi connectivity index (χ2n) is 12.6. The minimum Gasteiger partial charge on any atom is -0.309 e. The van der Waals surface area contributed by atoms with E-state index in [4.69, 9.17) is 0 Å². The van der Waals surface area contributed by atoms with Gasteiger partial charge in [-0.3, -0.25) is 9.97 Å². The molecule has 0 atom stereocenters. The third-order valence-electron chi connectivity index (χ3n) is 9.74. The molecule has 0 aliphatic rings. The first-order valence-electron chi connectivity index (χ1n) is 16.8. The summed E-state index contributed by atoms with van der Waals surface area (Å²) in [7, 11) is 0. The Bertz CT molecular complexity index is 2870. The van der Waals surface area contributed by atoms with Gasteiger partial charge in [0.15, 0.2) is 0 Å². The summed E-state index contributed by atoms with van der Waals surface area (Å²) in [6.07, 6.45) is 3.72. The Kier molecular flexibility index (Phi) is 6.68. The SMILES string of the molecule is c1ccc(-c2ccccc2-c2ccc3sc4ccc(-n5c6ccccc6c6cc(-c7ccccc7-c7ccccn7)ccc65)cc4c3c2)nc1. The van der Waals surface area contributed by atoms with Crippen LogP contribution >= 0.6 is 11.3 Å². The van der Waals surface area contributed by atoms with E-state index >= 15 is 0 Å². The Balaban J connectivity index is 1.14. The molecule has 234 valence electrons. The second-order valence-corrected chi connectivity index (χ2v) is 13.7. The van der Waals surface area contributed by atoms with Crippen LogP contribution in [0.15, 0.2) is 176 Å². The summed E-state index contributed by atoms with van der Waals surface area (Å²) in [6, 6.07) is 58.7. The molecule has 0 spiro atoms. The van der Waals surface area contributed by atoms with E-state index in [-0.39, 0.29) is 0 Å². The molecule has 0 radical (unpaired) electrons. The number of fused-ring (bicyclic) bond motifs is 6. The Labute approximate surface area is 293 Å². The first-order valence-corrected chi connectivity index (χ1v) is 17.6. The van der Waals surface area contributed by atoms with Crippen molar-refractivity contribution in [2.24, 2.45) is 0 Å². The molecule has 10 rings (SSSR count). The number of pyridine rings is 2. The topological polar surface area (TPSA) is 30.7 Å². The van der Waals surface area contributed by atoms with E-state index in [1.54, 1.807) is 0 Å². The number of benzene rings is 6. The molecule has 0 fully saturated rings. The zero-order valence-electron chi connectivity index (χ0n) is 27.0. The Hall–Kier alpha value is -6.36. The molecule has 0 saturated carbocycles. The average molecular weight is 656 g/mol. The van der Waals surface area contributed by atoms with Crippen LogP contribution in [0.4, 0.5) is 0 Å². The predicted molar refractivity (Wildman–Crippen MR) is 211 cm³/mol. The van der Waals surface area contributed by atoms with Gasteiger partial charge in [-0.1, -0.05) is 91.0 Å². The first kappa shape index (κ1) is 28.6. The third kappa shape index (κ3) is 4.65. The fourth-order valence-electron chi connectivity index (χ4n) is 7.45. The number of para-hydroxylation sites is 1. The van der Waals surface area contributed by atoms with Gasteiger partial charge in [0, 0.05) is 60.2 Å². The van der Waals surface area contributed by atoms with Gasteiger partial charge in [0.05, 0.1) is 22.4 Å². The van der Waals surface area contributed by atoms with Gasteiger partial charge in [-0.25, -0.2) is 0 Å². The van der Waals surface area contributed by atoms with Gasteiger partial charge in [0.25, 0.3) is 0 Å². The molecule has 10 aromatic rings. The number of hydrogen-bond acceptors (Lipinski definition) is 3. The van der Waals surface area contributed by atoms with E-state index in [1.165, 1.54) is 64.2 Å². The van der Waals surface area contributed by atoms with Crippen molar-refractivity contribution in [3.8, 4) is 50.5 Å². The first-order chi connectivity index (χ1) is 24.8. The molecule has 0 amide bonds. The molecular formula is C46H29N3S. The summed E-state index contributed by atoms with van der Waals surface area (Å²) in [4.78, 5) is 9.33. The molecule has 0 saturated heterocycles. The van der Waals surface area contributed by atoms with Crippen molar-refractivity contribution < 1.29 is 0 Å². The molecule has 4 aromatic heterocycles. The van der Waals surface area contributed by atoms with Crippen LogP contribution in [0.25, 0.3) is 92.4 Å². The fraction of sp³-hybridized carbons (Fsp3) is 0. The van der Waals surface area contributed by atoms with E-state index in [0.29, 0.717) is 0 Å². The van der Waals surface area contributed by atoms with Crippen LogP contribution in [-0.4, -0.2) is 14.5 Å². The van der Waals surface area contributed by atoms with Crippen molar-refractivity contribution in [1.29, 1.82) is 0 Å². The van der Waals surface area contributed by atoms with E-state index in [2.05, 4.69) is 154 Å². The van der Waals surface area contributed by atoms with Crippen LogP contribution in [0.1, 0.15) is 0 Å². The lowest BCUT2D eigenvalue weighted by Crippen LogP contribution is -1.93. The van der Waals surface area contributed by atoms with E-state index in [1.807, 2.05) is 48.0 Å². The third-order valence-corrected chi connectivity index (χ3v) is 10.9. The monoisotopic (exact) mass is 655 g/mol. The van der Waals surface area contributed by atoms with Gasteiger partial charge < -0.3 is 4.57 Å². The number of nitrogens with zero attached hydrogens (tertiary/aromatic N) is 3. The smallest absolute Gasteiger partial charge is 0.0708 e. The van der Waals surface area contributed by atoms with E-state index in [0.717, 1.165) is 28.2 Å². The minimum absolute atomic E-state index is 0.977. The molecule has 0 N–H and O–H groups in total. The molecule has 4 heteroatoms. The van der Waals surface area contributed by atoms with Crippen LogP contribution < -0.4 is 0 Å². The molecule has 0 unspecified atom stereocenters. The van der Waals surface area contributed by atoms with Gasteiger partial charge in [-0.2, -0.15) is 0 Å². The molecule has 4 heterocycles. The number of rotatable bonds is 5.